The fraction of sp³-hybridized carbons (Fsp3) is 0.286. The normalized spacial score (nSPS) is 17.7. The summed E-state index contributed by atoms with van der Waals surface area (Å²) < 4.78 is 0. The van der Waals surface area contributed by atoms with Crippen molar-refractivity contribution in [1.82, 2.24) is 4.90 Å². The van der Waals surface area contributed by atoms with Gasteiger partial charge in [0.25, 0.3) is 0 Å². The van der Waals surface area contributed by atoms with E-state index in [-0.39, 0.29) is 17.4 Å². The Morgan fingerprint density at radius 1 is 1.04 bits per heavy atom. The Morgan fingerprint density at radius 3 is 2.52 bits per heavy atom. The van der Waals surface area contributed by atoms with Crippen LogP contribution in [0.2, 0.25) is 0 Å². The summed E-state index contributed by atoms with van der Waals surface area (Å²) in [6.07, 6.45) is 5.26. The van der Waals surface area contributed by atoms with Gasteiger partial charge in [0, 0.05) is 29.4 Å². The van der Waals surface area contributed by atoms with Gasteiger partial charge in [-0.3, -0.25) is 4.90 Å². The lowest BCUT2D eigenvalue weighted by atomic mass is 9.89. The number of nitrogens with zero attached hydrogens (tertiary/aromatic N) is 2. The molecule has 0 bridgehead atoms. The molecule has 27 heavy (non-hydrogen) atoms. The SMILES string of the molecule is Nc1ccc(C2CCN(Cc3ccc4c(c3O)ON=C(O)C=C4)CC2)cc1. The minimum Gasteiger partial charge on any atom is -0.504 e. The second kappa shape index (κ2) is 7.32. The molecule has 0 unspecified atom stereocenters. The molecule has 0 aliphatic carbocycles. The van der Waals surface area contributed by atoms with Crippen LogP contribution in [-0.4, -0.2) is 34.1 Å². The summed E-state index contributed by atoms with van der Waals surface area (Å²) in [5.41, 5.74) is 9.40. The molecule has 6 heteroatoms. The van der Waals surface area contributed by atoms with Crippen molar-refractivity contribution >= 4 is 17.7 Å². The third kappa shape index (κ3) is 3.75. The zero-order valence-corrected chi connectivity index (χ0v) is 15.0. The first-order valence-electron chi connectivity index (χ1n) is 9.15. The zero-order valence-electron chi connectivity index (χ0n) is 15.0. The first-order chi connectivity index (χ1) is 13.1. The van der Waals surface area contributed by atoms with E-state index in [1.165, 1.54) is 11.6 Å². The van der Waals surface area contributed by atoms with Crippen molar-refractivity contribution in [3.8, 4) is 11.5 Å². The van der Waals surface area contributed by atoms with Gasteiger partial charge in [0.1, 0.15) is 0 Å². The highest BCUT2D eigenvalue weighted by atomic mass is 16.6. The highest BCUT2D eigenvalue weighted by Gasteiger charge is 2.23. The summed E-state index contributed by atoms with van der Waals surface area (Å²) in [7, 11) is 0. The van der Waals surface area contributed by atoms with Crippen LogP contribution in [0.1, 0.15) is 35.4 Å². The number of aliphatic hydroxyl groups is 1. The Hall–Kier alpha value is -2.99. The van der Waals surface area contributed by atoms with Gasteiger partial charge >= 0.3 is 0 Å². The van der Waals surface area contributed by atoms with E-state index in [0.29, 0.717) is 18.0 Å². The second-order valence-corrected chi connectivity index (χ2v) is 7.08. The van der Waals surface area contributed by atoms with E-state index in [1.807, 2.05) is 24.3 Å². The van der Waals surface area contributed by atoms with Gasteiger partial charge in [-0.05, 0) is 60.8 Å². The molecule has 140 valence electrons. The molecule has 0 radical (unpaired) electrons. The number of phenols is 1. The summed E-state index contributed by atoms with van der Waals surface area (Å²) in [5, 5.41) is 23.6. The van der Waals surface area contributed by atoms with Crippen LogP contribution in [0.5, 0.6) is 11.5 Å². The molecule has 2 aliphatic heterocycles. The molecule has 0 atom stereocenters. The van der Waals surface area contributed by atoms with Crippen molar-refractivity contribution in [1.29, 1.82) is 0 Å². The number of nitrogens with two attached hydrogens (primary N) is 1. The molecule has 0 spiro atoms. The summed E-state index contributed by atoms with van der Waals surface area (Å²) in [5.74, 6) is 0.686. The Balaban J connectivity index is 1.42. The predicted octanol–water partition coefficient (Wildman–Crippen LogP) is 3.63. The Bertz CT molecular complexity index is 882. The van der Waals surface area contributed by atoms with E-state index in [1.54, 1.807) is 6.08 Å². The Labute approximate surface area is 158 Å². The average Bonchev–Trinajstić information content (AvgIpc) is 2.87. The van der Waals surface area contributed by atoms with Gasteiger partial charge in [-0.15, -0.1) is 0 Å². The standard InChI is InChI=1S/C21H23N3O3/c22-18-6-3-14(4-7-18)15-9-11-24(12-10-15)13-17-2-1-16-5-8-19(25)23-27-21(16)20(17)26/h1-8,15,26H,9-13,22H2,(H,23,25). The maximum absolute atomic E-state index is 10.6. The summed E-state index contributed by atoms with van der Waals surface area (Å²) >= 11 is 0. The van der Waals surface area contributed by atoms with Gasteiger partial charge in [0.15, 0.2) is 5.75 Å². The number of hydrogen-bond donors (Lipinski definition) is 3. The maximum Gasteiger partial charge on any atom is 0.248 e. The average molecular weight is 365 g/mol. The quantitative estimate of drug-likeness (QED) is 0.723. The minimum atomic E-state index is -0.225. The van der Waals surface area contributed by atoms with Crippen LogP contribution in [0.4, 0.5) is 5.69 Å². The number of nitrogen functional groups attached to an aromatic ring is 1. The van der Waals surface area contributed by atoms with Crippen LogP contribution in [0.15, 0.2) is 47.6 Å². The molecule has 2 aromatic rings. The van der Waals surface area contributed by atoms with E-state index in [4.69, 9.17) is 10.6 Å². The van der Waals surface area contributed by atoms with Crippen LogP contribution in [0.3, 0.4) is 0 Å². The molecule has 1 fully saturated rings. The molecule has 2 aromatic carbocycles. The topological polar surface area (TPSA) is 91.3 Å². The van der Waals surface area contributed by atoms with E-state index in [9.17, 15) is 10.2 Å². The van der Waals surface area contributed by atoms with Crippen LogP contribution >= 0.6 is 0 Å². The molecule has 2 aliphatic rings. The molecular weight excluding hydrogens is 342 g/mol. The van der Waals surface area contributed by atoms with E-state index >= 15 is 0 Å². The number of likely N-dealkylation sites (tertiary alicyclic amines) is 1. The molecule has 4 rings (SSSR count). The van der Waals surface area contributed by atoms with E-state index in [0.717, 1.165) is 37.2 Å². The predicted molar refractivity (Wildman–Crippen MR) is 106 cm³/mol. The summed E-state index contributed by atoms with van der Waals surface area (Å²) in [6.45, 7) is 2.58. The summed E-state index contributed by atoms with van der Waals surface area (Å²) in [6, 6.07) is 11.9. The lowest BCUT2D eigenvalue weighted by Crippen LogP contribution is -2.32. The van der Waals surface area contributed by atoms with Crippen molar-refractivity contribution < 1.29 is 15.1 Å². The van der Waals surface area contributed by atoms with Crippen LogP contribution < -0.4 is 10.6 Å². The van der Waals surface area contributed by atoms with Crippen LogP contribution in [0, 0.1) is 0 Å². The van der Waals surface area contributed by atoms with Gasteiger partial charge in [-0.1, -0.05) is 24.3 Å². The first kappa shape index (κ1) is 17.4. The summed E-state index contributed by atoms with van der Waals surface area (Å²) in [4.78, 5) is 7.54. The third-order valence-electron chi connectivity index (χ3n) is 5.28. The molecule has 1 saturated heterocycles. The number of benzene rings is 2. The van der Waals surface area contributed by atoms with E-state index < -0.39 is 0 Å². The zero-order chi connectivity index (χ0) is 18.8. The lowest BCUT2D eigenvalue weighted by Gasteiger charge is -2.32. The number of piperidine rings is 1. The molecule has 2 heterocycles. The molecule has 0 aromatic heterocycles. The second-order valence-electron chi connectivity index (χ2n) is 7.08. The van der Waals surface area contributed by atoms with Gasteiger partial charge in [0.2, 0.25) is 11.6 Å². The fourth-order valence-corrected chi connectivity index (χ4v) is 3.70. The highest BCUT2D eigenvalue weighted by Crippen LogP contribution is 2.37. The monoisotopic (exact) mass is 365 g/mol. The number of rotatable bonds is 3. The van der Waals surface area contributed by atoms with Crippen molar-refractivity contribution in [2.24, 2.45) is 5.16 Å². The smallest absolute Gasteiger partial charge is 0.248 e. The van der Waals surface area contributed by atoms with Gasteiger partial charge in [0.05, 0.1) is 0 Å². The first-order valence-corrected chi connectivity index (χ1v) is 9.15. The number of aliphatic hydroxyl groups excluding tert-OH is 1. The number of aromatic hydroxyl groups is 1. The maximum atomic E-state index is 10.6. The van der Waals surface area contributed by atoms with E-state index in [2.05, 4.69) is 22.2 Å². The largest absolute Gasteiger partial charge is 0.504 e. The van der Waals surface area contributed by atoms with Crippen molar-refractivity contribution in [2.75, 3.05) is 18.8 Å². The number of fused-ring (bicyclic) bond motifs is 1. The van der Waals surface area contributed by atoms with Crippen LogP contribution in [0.25, 0.3) is 6.08 Å². The Kier molecular flexibility index (Phi) is 4.73. The molecule has 6 nitrogen and oxygen atoms in total. The number of phenolic OH excluding ortho intramolecular Hbond substituents is 1. The molecule has 0 saturated carbocycles. The number of hydrogen-bond acceptors (Lipinski definition) is 5. The van der Waals surface area contributed by atoms with Crippen molar-refractivity contribution in [3.63, 3.8) is 0 Å². The van der Waals surface area contributed by atoms with Crippen LogP contribution in [-0.2, 0) is 6.54 Å². The minimum absolute atomic E-state index is 0.0799. The molecule has 0 amide bonds. The van der Waals surface area contributed by atoms with Gasteiger partial charge in [-0.2, -0.15) is 0 Å². The highest BCUT2D eigenvalue weighted by molar-refractivity contribution is 5.91. The van der Waals surface area contributed by atoms with Crippen molar-refractivity contribution in [3.05, 3.63) is 59.2 Å². The van der Waals surface area contributed by atoms with Gasteiger partial charge in [-0.25, -0.2) is 0 Å². The number of anilines is 1. The third-order valence-corrected chi connectivity index (χ3v) is 5.28. The molecule has 4 N–H and O–H groups in total. The Morgan fingerprint density at radius 2 is 1.78 bits per heavy atom. The lowest BCUT2D eigenvalue weighted by molar-refractivity contribution is 0.202. The van der Waals surface area contributed by atoms with Crippen molar-refractivity contribution in [2.45, 2.75) is 25.3 Å². The fourth-order valence-electron chi connectivity index (χ4n) is 3.70. The number of oxime groups is 1. The molecular formula is C21H23N3O3. The van der Waals surface area contributed by atoms with Gasteiger partial charge < -0.3 is 20.8 Å².